The normalized spacial score (nSPS) is 20.6. The molecule has 2 aromatic rings. The molecule has 2 aromatic carbocycles. The lowest BCUT2D eigenvalue weighted by molar-refractivity contribution is -0.224. The SMILES string of the molecule is COc1ccccc1C1(S)OCC(=O)N(OCc2ccccc2)C1=O. The van der Waals surface area contributed by atoms with Crippen LogP contribution in [-0.4, -0.2) is 30.6 Å². The van der Waals surface area contributed by atoms with Gasteiger partial charge in [0.15, 0.2) is 0 Å². The second kappa shape index (κ2) is 7.26. The first kappa shape index (κ1) is 17.5. The van der Waals surface area contributed by atoms with Crippen LogP contribution in [0.1, 0.15) is 11.1 Å². The third-order valence-electron chi connectivity index (χ3n) is 3.78. The molecule has 1 fully saturated rings. The van der Waals surface area contributed by atoms with Crippen molar-refractivity contribution >= 4 is 24.4 Å². The number of benzene rings is 2. The van der Waals surface area contributed by atoms with Crippen LogP contribution < -0.4 is 4.74 Å². The molecule has 6 nitrogen and oxygen atoms in total. The number of hydrogen-bond donors (Lipinski definition) is 1. The summed E-state index contributed by atoms with van der Waals surface area (Å²) < 4.78 is 10.7. The van der Waals surface area contributed by atoms with Gasteiger partial charge in [-0.05, 0) is 11.6 Å². The zero-order valence-electron chi connectivity index (χ0n) is 13.5. The van der Waals surface area contributed by atoms with E-state index in [2.05, 4.69) is 12.6 Å². The van der Waals surface area contributed by atoms with E-state index in [1.54, 1.807) is 24.3 Å². The lowest BCUT2D eigenvalue weighted by atomic mass is 10.1. The van der Waals surface area contributed by atoms with Crippen LogP contribution in [0.2, 0.25) is 0 Å². The summed E-state index contributed by atoms with van der Waals surface area (Å²) in [5, 5.41) is 0.718. The molecule has 0 aliphatic carbocycles. The summed E-state index contributed by atoms with van der Waals surface area (Å²) in [6.45, 7) is -0.254. The molecule has 0 aromatic heterocycles. The Morgan fingerprint density at radius 1 is 1.12 bits per heavy atom. The number of carbonyl (C=O) groups excluding carboxylic acids is 2. The molecule has 1 saturated heterocycles. The Bertz CT molecular complexity index is 782. The number of carbonyl (C=O) groups is 2. The first-order chi connectivity index (χ1) is 12.1. The highest BCUT2D eigenvalue weighted by molar-refractivity contribution is 7.82. The van der Waals surface area contributed by atoms with Gasteiger partial charge < -0.3 is 9.47 Å². The van der Waals surface area contributed by atoms with Crippen LogP contribution in [0.4, 0.5) is 0 Å². The van der Waals surface area contributed by atoms with Crippen molar-refractivity contribution in [2.24, 2.45) is 0 Å². The van der Waals surface area contributed by atoms with Crippen LogP contribution in [0.25, 0.3) is 0 Å². The molecule has 1 unspecified atom stereocenters. The Kier molecular flexibility index (Phi) is 5.08. The highest BCUT2D eigenvalue weighted by Crippen LogP contribution is 2.40. The van der Waals surface area contributed by atoms with E-state index in [1.165, 1.54) is 7.11 Å². The Morgan fingerprint density at radius 3 is 2.52 bits per heavy atom. The van der Waals surface area contributed by atoms with Gasteiger partial charge in [0.1, 0.15) is 19.0 Å². The van der Waals surface area contributed by atoms with Crippen molar-refractivity contribution in [2.45, 2.75) is 11.5 Å². The number of nitrogens with zero attached hydrogens (tertiary/aromatic N) is 1. The average Bonchev–Trinajstić information content (AvgIpc) is 2.66. The summed E-state index contributed by atoms with van der Waals surface area (Å²) >= 11 is 4.41. The molecule has 0 bridgehead atoms. The average molecular weight is 359 g/mol. The highest BCUT2D eigenvalue weighted by Gasteiger charge is 2.50. The maximum absolute atomic E-state index is 12.9. The lowest BCUT2D eigenvalue weighted by Gasteiger charge is -2.36. The predicted molar refractivity (Wildman–Crippen MR) is 92.7 cm³/mol. The van der Waals surface area contributed by atoms with Gasteiger partial charge >= 0.3 is 5.91 Å². The Hall–Kier alpha value is -2.35. The molecule has 1 heterocycles. The van der Waals surface area contributed by atoms with Crippen LogP contribution in [0.15, 0.2) is 54.6 Å². The zero-order valence-corrected chi connectivity index (χ0v) is 14.4. The van der Waals surface area contributed by atoms with Crippen molar-refractivity contribution in [3.05, 3.63) is 65.7 Å². The predicted octanol–water partition coefficient (Wildman–Crippen LogP) is 2.29. The Balaban J connectivity index is 1.85. The van der Waals surface area contributed by atoms with Crippen LogP contribution >= 0.6 is 12.6 Å². The second-order valence-corrected chi connectivity index (χ2v) is 6.02. The monoisotopic (exact) mass is 359 g/mol. The summed E-state index contributed by atoms with van der Waals surface area (Å²) in [6, 6.07) is 16.1. The van der Waals surface area contributed by atoms with Gasteiger partial charge in [-0.25, -0.2) is 0 Å². The van der Waals surface area contributed by atoms with Gasteiger partial charge in [-0.15, -0.1) is 17.7 Å². The first-order valence-corrected chi connectivity index (χ1v) is 8.05. The van der Waals surface area contributed by atoms with E-state index in [9.17, 15) is 9.59 Å². The molecular formula is C18H17NO5S. The van der Waals surface area contributed by atoms with E-state index in [-0.39, 0.29) is 13.2 Å². The quantitative estimate of drug-likeness (QED) is 0.656. The standard InChI is InChI=1S/C18H17NO5S/c1-22-15-10-6-5-9-14(15)18(25)17(21)19(16(20)12-23-18)24-11-13-7-3-2-4-8-13/h2-10,25H,11-12H2,1H3. The number of rotatable bonds is 5. The summed E-state index contributed by atoms with van der Waals surface area (Å²) in [5.74, 6) is -0.865. The van der Waals surface area contributed by atoms with Gasteiger partial charge in [-0.3, -0.25) is 14.4 Å². The van der Waals surface area contributed by atoms with Crippen molar-refractivity contribution < 1.29 is 23.9 Å². The van der Waals surface area contributed by atoms with Gasteiger partial charge in [0.05, 0.1) is 7.11 Å². The van der Waals surface area contributed by atoms with Gasteiger partial charge in [-0.1, -0.05) is 48.5 Å². The van der Waals surface area contributed by atoms with Crippen molar-refractivity contribution in [1.82, 2.24) is 5.06 Å². The number of para-hydroxylation sites is 1. The van der Waals surface area contributed by atoms with Gasteiger partial charge in [0, 0.05) is 5.56 Å². The maximum Gasteiger partial charge on any atom is 0.301 e. The van der Waals surface area contributed by atoms with Crippen molar-refractivity contribution in [3.63, 3.8) is 0 Å². The number of morpholine rings is 1. The minimum absolute atomic E-state index is 0.0775. The van der Waals surface area contributed by atoms with Gasteiger partial charge in [0.2, 0.25) is 4.93 Å². The fourth-order valence-electron chi connectivity index (χ4n) is 2.50. The minimum Gasteiger partial charge on any atom is -0.496 e. The van der Waals surface area contributed by atoms with Crippen molar-refractivity contribution in [2.75, 3.05) is 13.7 Å². The number of thiol groups is 1. The van der Waals surface area contributed by atoms with Gasteiger partial charge in [-0.2, -0.15) is 0 Å². The molecular weight excluding hydrogens is 342 g/mol. The number of hydroxylamine groups is 2. The number of ether oxygens (including phenoxy) is 2. The molecule has 0 spiro atoms. The highest BCUT2D eigenvalue weighted by atomic mass is 32.1. The van der Waals surface area contributed by atoms with E-state index < -0.39 is 16.7 Å². The largest absolute Gasteiger partial charge is 0.496 e. The van der Waals surface area contributed by atoms with Gasteiger partial charge in [0.25, 0.3) is 5.91 Å². The Labute approximate surface area is 150 Å². The molecule has 3 rings (SSSR count). The molecule has 130 valence electrons. The molecule has 0 radical (unpaired) electrons. The molecule has 0 saturated carbocycles. The first-order valence-electron chi connectivity index (χ1n) is 7.60. The van der Waals surface area contributed by atoms with E-state index >= 15 is 0 Å². The van der Waals surface area contributed by atoms with E-state index in [0.717, 1.165) is 10.6 Å². The van der Waals surface area contributed by atoms with Crippen LogP contribution in [0, 0.1) is 0 Å². The smallest absolute Gasteiger partial charge is 0.301 e. The van der Waals surface area contributed by atoms with Crippen molar-refractivity contribution in [3.8, 4) is 5.75 Å². The fraction of sp³-hybridized carbons (Fsp3) is 0.222. The van der Waals surface area contributed by atoms with Crippen LogP contribution in [0.3, 0.4) is 0 Å². The third kappa shape index (κ3) is 3.39. The summed E-state index contributed by atoms with van der Waals surface area (Å²) in [7, 11) is 1.48. The molecule has 7 heteroatoms. The number of methoxy groups -OCH3 is 1. The molecule has 0 N–H and O–H groups in total. The van der Waals surface area contributed by atoms with E-state index in [1.807, 2.05) is 30.3 Å². The summed E-state index contributed by atoms with van der Waals surface area (Å²) in [5.41, 5.74) is 1.24. The second-order valence-electron chi connectivity index (χ2n) is 5.39. The summed E-state index contributed by atoms with van der Waals surface area (Å²) in [6.07, 6.45) is 0. The maximum atomic E-state index is 12.9. The third-order valence-corrected chi connectivity index (χ3v) is 4.34. The molecule has 1 atom stereocenters. The fourth-order valence-corrected chi connectivity index (χ4v) is 2.84. The topological polar surface area (TPSA) is 65.1 Å². The molecule has 2 amide bonds. The minimum atomic E-state index is -1.67. The van der Waals surface area contributed by atoms with Crippen LogP contribution in [-0.2, 0) is 30.7 Å². The lowest BCUT2D eigenvalue weighted by Crippen LogP contribution is -2.54. The number of hydrogen-bond acceptors (Lipinski definition) is 6. The van der Waals surface area contributed by atoms with E-state index in [4.69, 9.17) is 14.3 Å². The molecule has 1 aliphatic rings. The zero-order chi connectivity index (χ0) is 17.9. The summed E-state index contributed by atoms with van der Waals surface area (Å²) in [4.78, 5) is 28.7. The van der Waals surface area contributed by atoms with Crippen molar-refractivity contribution in [1.29, 1.82) is 0 Å². The van der Waals surface area contributed by atoms with Crippen LogP contribution in [0.5, 0.6) is 5.75 Å². The van der Waals surface area contributed by atoms with E-state index in [0.29, 0.717) is 11.3 Å². The number of imide groups is 1. The molecule has 1 aliphatic heterocycles. The Morgan fingerprint density at radius 2 is 1.80 bits per heavy atom. The number of amides is 2. The molecule has 25 heavy (non-hydrogen) atoms.